The molecule has 0 spiro atoms. The molecule has 0 atom stereocenters. The summed E-state index contributed by atoms with van der Waals surface area (Å²) >= 11 is 0. The number of rotatable bonds is 2. The fourth-order valence-electron chi connectivity index (χ4n) is 0.412. The van der Waals surface area contributed by atoms with Crippen molar-refractivity contribution < 1.29 is 13.0 Å². The van der Waals surface area contributed by atoms with Crippen molar-refractivity contribution in [2.75, 3.05) is 0 Å². The number of hydrogen-bond donors (Lipinski definition) is 3. The molecule has 9 heavy (non-hydrogen) atoms. The molecular formula is C3H10N2O3S. The Bertz CT molecular complexity index is 171. The molecule has 0 heterocycles. The highest BCUT2D eigenvalue weighted by molar-refractivity contribution is 7.83. The molecule has 56 valence electrons. The summed E-state index contributed by atoms with van der Waals surface area (Å²) in [5.41, 5.74) is 0. The second-order valence-corrected chi connectivity index (χ2v) is 3.05. The predicted octanol–water partition coefficient (Wildman–Crippen LogP) is -0.297. The van der Waals surface area contributed by atoms with E-state index in [1.807, 2.05) is 4.72 Å². The molecule has 0 amide bonds. The summed E-state index contributed by atoms with van der Waals surface area (Å²) in [4.78, 5) is 0. The van der Waals surface area contributed by atoms with Crippen LogP contribution in [0, 0.1) is 0 Å². The molecular weight excluding hydrogens is 144 g/mol. The van der Waals surface area contributed by atoms with Crippen molar-refractivity contribution in [1.82, 2.24) is 10.9 Å². The molecule has 5 nitrogen and oxygen atoms in total. The molecule has 0 saturated heterocycles. The van der Waals surface area contributed by atoms with E-state index in [0.717, 1.165) is 12.8 Å². The van der Waals surface area contributed by atoms with Crippen molar-refractivity contribution in [3.63, 3.8) is 0 Å². The normalized spacial score (nSPS) is 18.8. The maximum Gasteiger partial charge on any atom is 0.333 e. The third-order valence-electron chi connectivity index (χ3n) is 0.893. The van der Waals surface area contributed by atoms with E-state index in [9.17, 15) is 8.42 Å². The summed E-state index contributed by atoms with van der Waals surface area (Å²) in [7, 11) is -3.91. The monoisotopic (exact) mass is 154 g/mol. The maximum absolute atomic E-state index is 9.93. The molecule has 0 aromatic heterocycles. The van der Waals surface area contributed by atoms with Gasteiger partial charge >= 0.3 is 10.3 Å². The third-order valence-corrected chi connectivity index (χ3v) is 1.52. The third kappa shape index (κ3) is 4.34. The summed E-state index contributed by atoms with van der Waals surface area (Å²) < 4.78 is 30.0. The molecule has 1 aliphatic carbocycles. The van der Waals surface area contributed by atoms with Gasteiger partial charge in [0, 0.05) is 6.04 Å². The topological polar surface area (TPSA) is 101 Å². The lowest BCUT2D eigenvalue weighted by atomic mass is 10.8. The van der Waals surface area contributed by atoms with Gasteiger partial charge in [-0.15, -0.1) is 0 Å². The van der Waals surface area contributed by atoms with Gasteiger partial charge in [0.05, 0.1) is 0 Å². The van der Waals surface area contributed by atoms with E-state index in [1.54, 1.807) is 0 Å². The van der Waals surface area contributed by atoms with E-state index in [-0.39, 0.29) is 12.2 Å². The Morgan fingerprint density at radius 1 is 1.44 bits per heavy atom. The van der Waals surface area contributed by atoms with Crippen molar-refractivity contribution in [2.45, 2.75) is 18.9 Å². The maximum atomic E-state index is 9.93. The smallest absolute Gasteiger partial charge is 0.333 e. The first kappa shape index (κ1) is 8.83. The largest absolute Gasteiger partial charge is 0.344 e. The Labute approximate surface area is 53.9 Å². The lowest BCUT2D eigenvalue weighted by Crippen LogP contribution is -2.24. The summed E-state index contributed by atoms with van der Waals surface area (Å²) in [6.45, 7) is 0. The van der Waals surface area contributed by atoms with E-state index < -0.39 is 10.3 Å². The molecule has 1 rings (SSSR count). The number of hydrogen-bond acceptors (Lipinski definition) is 3. The average Bonchev–Trinajstić information content (AvgIpc) is 2.12. The van der Waals surface area contributed by atoms with Crippen molar-refractivity contribution in [3.05, 3.63) is 0 Å². The van der Waals surface area contributed by atoms with Gasteiger partial charge in [-0.2, -0.15) is 13.1 Å². The van der Waals surface area contributed by atoms with Crippen LogP contribution in [0.5, 0.6) is 0 Å². The van der Waals surface area contributed by atoms with Crippen LogP contribution in [-0.4, -0.2) is 19.0 Å². The summed E-state index contributed by atoms with van der Waals surface area (Å²) in [5, 5.41) is 0. The fourth-order valence-corrected chi connectivity index (χ4v) is 1.07. The van der Waals surface area contributed by atoms with Crippen molar-refractivity contribution in [3.8, 4) is 0 Å². The molecule has 0 aromatic rings. The Morgan fingerprint density at radius 2 is 1.89 bits per heavy atom. The first-order valence-electron chi connectivity index (χ1n) is 2.33. The Hall–Kier alpha value is -0.170. The Balaban J connectivity index is 0.000000640. The zero-order valence-corrected chi connectivity index (χ0v) is 5.69. The quantitative estimate of drug-likeness (QED) is 0.475. The molecule has 1 saturated carbocycles. The van der Waals surface area contributed by atoms with E-state index in [1.165, 1.54) is 0 Å². The van der Waals surface area contributed by atoms with Crippen LogP contribution in [0.15, 0.2) is 0 Å². The van der Waals surface area contributed by atoms with Crippen molar-refractivity contribution in [1.29, 1.82) is 0 Å². The first-order chi connectivity index (χ1) is 3.58. The van der Waals surface area contributed by atoms with Crippen LogP contribution >= 0.6 is 0 Å². The van der Waals surface area contributed by atoms with Gasteiger partial charge in [0.25, 0.3) is 0 Å². The van der Waals surface area contributed by atoms with Crippen LogP contribution < -0.4 is 10.9 Å². The highest BCUT2D eigenvalue weighted by atomic mass is 32.2. The fraction of sp³-hybridized carbons (Fsp3) is 1.00. The SMILES string of the molecule is N.O=S(=O)(O)NC1CC1. The summed E-state index contributed by atoms with van der Waals surface area (Å²) in [6, 6.07) is 0.00463. The first-order valence-corrected chi connectivity index (χ1v) is 3.77. The number of nitrogens with one attached hydrogen (secondary N) is 1. The van der Waals surface area contributed by atoms with Gasteiger partial charge < -0.3 is 6.15 Å². The van der Waals surface area contributed by atoms with Crippen LogP contribution in [0.2, 0.25) is 0 Å². The molecule has 0 unspecified atom stereocenters. The van der Waals surface area contributed by atoms with E-state index in [4.69, 9.17) is 4.55 Å². The van der Waals surface area contributed by atoms with Crippen LogP contribution in [0.25, 0.3) is 0 Å². The van der Waals surface area contributed by atoms with Crippen LogP contribution in [0.4, 0.5) is 0 Å². The van der Waals surface area contributed by atoms with Gasteiger partial charge in [0.15, 0.2) is 0 Å². The summed E-state index contributed by atoms with van der Waals surface area (Å²) in [5.74, 6) is 0. The Kier molecular flexibility index (Phi) is 2.56. The molecule has 1 fully saturated rings. The van der Waals surface area contributed by atoms with Crippen LogP contribution in [-0.2, 0) is 10.3 Å². The standard InChI is InChI=1S/C3H7NO3S.H3N/c5-8(6,7)4-3-1-2-3;/h3-4H,1-2H2,(H,5,6,7);1H3. The highest BCUT2D eigenvalue weighted by Gasteiger charge is 2.25. The Morgan fingerprint density at radius 3 is 2.00 bits per heavy atom. The highest BCUT2D eigenvalue weighted by Crippen LogP contribution is 2.18. The van der Waals surface area contributed by atoms with E-state index >= 15 is 0 Å². The lowest BCUT2D eigenvalue weighted by molar-refractivity contribution is 0.467. The van der Waals surface area contributed by atoms with Gasteiger partial charge in [-0.3, -0.25) is 4.55 Å². The van der Waals surface area contributed by atoms with Gasteiger partial charge in [0.1, 0.15) is 0 Å². The van der Waals surface area contributed by atoms with Gasteiger partial charge in [-0.25, -0.2) is 0 Å². The molecule has 0 radical (unpaired) electrons. The van der Waals surface area contributed by atoms with Crippen LogP contribution in [0.3, 0.4) is 0 Å². The zero-order valence-electron chi connectivity index (χ0n) is 4.87. The van der Waals surface area contributed by atoms with E-state index in [0.29, 0.717) is 0 Å². The van der Waals surface area contributed by atoms with Gasteiger partial charge in [-0.05, 0) is 12.8 Å². The second-order valence-electron chi connectivity index (χ2n) is 1.87. The predicted molar refractivity (Wildman–Crippen MR) is 32.7 cm³/mol. The van der Waals surface area contributed by atoms with Gasteiger partial charge in [0.2, 0.25) is 0 Å². The van der Waals surface area contributed by atoms with E-state index in [2.05, 4.69) is 0 Å². The zero-order chi connectivity index (χ0) is 6.20. The second kappa shape index (κ2) is 2.61. The minimum absolute atomic E-state index is 0. The molecule has 0 aromatic carbocycles. The van der Waals surface area contributed by atoms with Crippen molar-refractivity contribution in [2.24, 2.45) is 0 Å². The minimum Gasteiger partial charge on any atom is -0.344 e. The molecule has 1 aliphatic rings. The molecule has 0 bridgehead atoms. The average molecular weight is 154 g/mol. The van der Waals surface area contributed by atoms with Crippen LogP contribution in [0.1, 0.15) is 12.8 Å². The molecule has 0 aliphatic heterocycles. The molecule has 6 heteroatoms. The van der Waals surface area contributed by atoms with Crippen molar-refractivity contribution >= 4 is 10.3 Å². The van der Waals surface area contributed by atoms with Gasteiger partial charge in [-0.1, -0.05) is 0 Å². The molecule has 5 N–H and O–H groups in total. The minimum atomic E-state index is -3.91. The lowest BCUT2D eigenvalue weighted by Gasteiger charge is -1.92. The summed E-state index contributed by atoms with van der Waals surface area (Å²) in [6.07, 6.45) is 1.69.